The highest BCUT2D eigenvalue weighted by Crippen LogP contribution is 2.27. The van der Waals surface area contributed by atoms with Crippen molar-refractivity contribution in [1.29, 1.82) is 0 Å². The van der Waals surface area contributed by atoms with Crippen molar-refractivity contribution in [2.24, 2.45) is 0 Å². The maximum Gasteiger partial charge on any atom is 0.130 e. The Kier molecular flexibility index (Phi) is 3.74. The highest BCUT2D eigenvalue weighted by atomic mass is 79.9. The van der Waals surface area contributed by atoms with Crippen molar-refractivity contribution in [3.05, 3.63) is 53.0 Å². The van der Waals surface area contributed by atoms with E-state index >= 15 is 0 Å². The summed E-state index contributed by atoms with van der Waals surface area (Å²) in [5.41, 5.74) is 2.94. The zero-order valence-electron chi connectivity index (χ0n) is 11.2. The third-order valence-corrected chi connectivity index (χ3v) is 3.53. The van der Waals surface area contributed by atoms with Gasteiger partial charge < -0.3 is 0 Å². The van der Waals surface area contributed by atoms with Crippen LogP contribution in [0.5, 0.6) is 0 Å². The number of pyridine rings is 1. The molecular weight excluding hydrogens is 314 g/mol. The smallest absolute Gasteiger partial charge is 0.130 e. The van der Waals surface area contributed by atoms with Crippen LogP contribution in [0.25, 0.3) is 22.2 Å². The first kappa shape index (κ1) is 13.2. The van der Waals surface area contributed by atoms with Gasteiger partial charge in [-0.2, -0.15) is 0 Å². The molecule has 0 unspecified atom stereocenters. The van der Waals surface area contributed by atoms with E-state index in [1.54, 1.807) is 0 Å². The molecule has 3 aromatic rings. The fourth-order valence-electron chi connectivity index (χ4n) is 2.25. The zero-order chi connectivity index (χ0) is 13.9. The van der Waals surface area contributed by atoms with E-state index in [2.05, 4.69) is 56.0 Å². The molecule has 2 aromatic heterocycles. The lowest BCUT2D eigenvalue weighted by Gasteiger charge is -2.07. The Morgan fingerprint density at radius 3 is 2.80 bits per heavy atom. The molecule has 0 saturated heterocycles. The molecule has 1 aromatic carbocycles. The fraction of sp³-hybridized carbons (Fsp3) is 0.188. The van der Waals surface area contributed by atoms with Crippen LogP contribution in [0, 0.1) is 0 Å². The lowest BCUT2D eigenvalue weighted by Crippen LogP contribution is -1.98. The second-order valence-corrected chi connectivity index (χ2v) is 5.44. The van der Waals surface area contributed by atoms with Crippen molar-refractivity contribution in [2.75, 3.05) is 0 Å². The molecule has 0 radical (unpaired) electrons. The Morgan fingerprint density at radius 2 is 1.95 bits per heavy atom. The number of benzene rings is 1. The first-order valence-corrected chi connectivity index (χ1v) is 7.45. The zero-order valence-corrected chi connectivity index (χ0v) is 12.8. The lowest BCUT2D eigenvalue weighted by molar-refractivity contribution is 0.831. The quantitative estimate of drug-likeness (QED) is 0.669. The molecule has 0 fully saturated rings. The molecular formula is C16H14BrN3. The molecule has 20 heavy (non-hydrogen) atoms. The number of aromatic nitrogens is 3. The highest BCUT2D eigenvalue weighted by Gasteiger charge is 2.09. The van der Waals surface area contributed by atoms with E-state index < -0.39 is 0 Å². The molecule has 3 nitrogen and oxygen atoms in total. The minimum atomic E-state index is 0.818. The molecule has 0 aliphatic rings. The number of nitrogens with zero attached hydrogens (tertiary/aromatic N) is 3. The molecule has 2 heterocycles. The Balaban J connectivity index is 2.20. The molecule has 0 saturated carbocycles. The van der Waals surface area contributed by atoms with Crippen LogP contribution in [0.15, 0.2) is 47.2 Å². The SMILES string of the molecule is CCCc1nc(Br)cc(-c2cccc3cccnc23)n1. The molecule has 0 amide bonds. The summed E-state index contributed by atoms with van der Waals surface area (Å²) in [4.78, 5) is 13.6. The topological polar surface area (TPSA) is 38.7 Å². The average Bonchev–Trinajstić information content (AvgIpc) is 2.46. The van der Waals surface area contributed by atoms with Gasteiger partial charge in [0.1, 0.15) is 10.4 Å². The van der Waals surface area contributed by atoms with Gasteiger partial charge in [-0.3, -0.25) is 4.98 Å². The highest BCUT2D eigenvalue weighted by molar-refractivity contribution is 9.10. The van der Waals surface area contributed by atoms with Crippen molar-refractivity contribution in [3.63, 3.8) is 0 Å². The summed E-state index contributed by atoms with van der Waals surface area (Å²) in [6.07, 6.45) is 3.73. The maximum absolute atomic E-state index is 4.66. The molecule has 0 bridgehead atoms. The van der Waals surface area contributed by atoms with Crippen LogP contribution in [-0.2, 0) is 6.42 Å². The summed E-state index contributed by atoms with van der Waals surface area (Å²) < 4.78 is 0.818. The number of para-hydroxylation sites is 1. The van der Waals surface area contributed by atoms with Crippen LogP contribution in [-0.4, -0.2) is 15.0 Å². The number of rotatable bonds is 3. The van der Waals surface area contributed by atoms with Gasteiger partial charge in [0.05, 0.1) is 11.2 Å². The molecule has 100 valence electrons. The molecule has 0 aliphatic carbocycles. The van der Waals surface area contributed by atoms with Gasteiger partial charge in [-0.05, 0) is 34.5 Å². The van der Waals surface area contributed by atoms with Crippen molar-refractivity contribution in [1.82, 2.24) is 15.0 Å². The van der Waals surface area contributed by atoms with E-state index in [9.17, 15) is 0 Å². The van der Waals surface area contributed by atoms with E-state index in [1.807, 2.05) is 24.4 Å². The Labute approximate surface area is 126 Å². The summed E-state index contributed by atoms with van der Waals surface area (Å²) >= 11 is 3.47. The van der Waals surface area contributed by atoms with Crippen LogP contribution in [0.4, 0.5) is 0 Å². The van der Waals surface area contributed by atoms with E-state index in [-0.39, 0.29) is 0 Å². The first-order chi connectivity index (χ1) is 9.78. The Bertz CT molecular complexity index is 750. The molecule has 3 rings (SSSR count). The van der Waals surface area contributed by atoms with Gasteiger partial charge in [-0.15, -0.1) is 0 Å². The molecule has 4 heteroatoms. The monoisotopic (exact) mass is 327 g/mol. The summed E-state index contributed by atoms with van der Waals surface area (Å²) in [5, 5.41) is 1.12. The van der Waals surface area contributed by atoms with Gasteiger partial charge >= 0.3 is 0 Å². The van der Waals surface area contributed by atoms with Crippen LogP contribution in [0.2, 0.25) is 0 Å². The molecule has 0 spiro atoms. The predicted molar refractivity (Wildman–Crippen MR) is 84.5 cm³/mol. The van der Waals surface area contributed by atoms with Crippen molar-refractivity contribution < 1.29 is 0 Å². The summed E-state index contributed by atoms with van der Waals surface area (Å²) in [7, 11) is 0. The van der Waals surface area contributed by atoms with E-state index in [1.165, 1.54) is 0 Å². The first-order valence-electron chi connectivity index (χ1n) is 6.65. The Hall–Kier alpha value is -1.81. The fourth-order valence-corrected chi connectivity index (χ4v) is 2.67. The van der Waals surface area contributed by atoms with Crippen molar-refractivity contribution >= 4 is 26.8 Å². The van der Waals surface area contributed by atoms with Gasteiger partial charge in [0.15, 0.2) is 0 Å². The van der Waals surface area contributed by atoms with E-state index in [0.29, 0.717) is 0 Å². The average molecular weight is 328 g/mol. The third kappa shape index (κ3) is 2.56. The van der Waals surface area contributed by atoms with E-state index in [0.717, 1.165) is 45.4 Å². The summed E-state index contributed by atoms with van der Waals surface area (Å²) in [6.45, 7) is 2.13. The second kappa shape index (κ2) is 5.67. The minimum Gasteiger partial charge on any atom is -0.256 e. The summed E-state index contributed by atoms with van der Waals surface area (Å²) in [6, 6.07) is 12.1. The van der Waals surface area contributed by atoms with Crippen LogP contribution >= 0.6 is 15.9 Å². The van der Waals surface area contributed by atoms with Gasteiger partial charge in [-0.1, -0.05) is 31.2 Å². The minimum absolute atomic E-state index is 0.818. The van der Waals surface area contributed by atoms with Gasteiger partial charge in [0.25, 0.3) is 0 Å². The summed E-state index contributed by atoms with van der Waals surface area (Å²) in [5.74, 6) is 0.866. The van der Waals surface area contributed by atoms with Crippen LogP contribution in [0.3, 0.4) is 0 Å². The molecule has 0 atom stereocenters. The largest absolute Gasteiger partial charge is 0.256 e. The number of hydrogen-bond acceptors (Lipinski definition) is 3. The van der Waals surface area contributed by atoms with Gasteiger partial charge in [0.2, 0.25) is 0 Å². The lowest BCUT2D eigenvalue weighted by atomic mass is 10.1. The molecule has 0 aliphatic heterocycles. The second-order valence-electron chi connectivity index (χ2n) is 4.62. The number of hydrogen-bond donors (Lipinski definition) is 0. The number of halogens is 1. The maximum atomic E-state index is 4.66. The normalized spacial score (nSPS) is 10.9. The van der Waals surface area contributed by atoms with Gasteiger partial charge in [0, 0.05) is 23.6 Å². The molecule has 0 N–H and O–H groups in total. The van der Waals surface area contributed by atoms with Crippen molar-refractivity contribution in [2.45, 2.75) is 19.8 Å². The number of aryl methyl sites for hydroxylation is 1. The Morgan fingerprint density at radius 1 is 1.10 bits per heavy atom. The van der Waals surface area contributed by atoms with Crippen LogP contribution in [0.1, 0.15) is 19.2 Å². The predicted octanol–water partition coefficient (Wildman–Crippen LogP) is 4.41. The third-order valence-electron chi connectivity index (χ3n) is 3.12. The number of fused-ring (bicyclic) bond motifs is 1. The van der Waals surface area contributed by atoms with E-state index in [4.69, 9.17) is 0 Å². The van der Waals surface area contributed by atoms with Gasteiger partial charge in [-0.25, -0.2) is 9.97 Å². The van der Waals surface area contributed by atoms with Crippen LogP contribution < -0.4 is 0 Å². The van der Waals surface area contributed by atoms with Crippen molar-refractivity contribution in [3.8, 4) is 11.3 Å². The standard InChI is InChI=1S/C16H14BrN3/c1-2-5-15-19-13(10-14(17)20-15)12-8-3-6-11-7-4-9-18-16(11)12/h3-4,6-10H,2,5H2,1H3.